The van der Waals surface area contributed by atoms with Gasteiger partial charge in [0.05, 0.1) is 14.2 Å². The van der Waals surface area contributed by atoms with E-state index in [4.69, 9.17) is 38.6 Å². The highest BCUT2D eigenvalue weighted by molar-refractivity contribution is 5.81. The van der Waals surface area contributed by atoms with Crippen LogP contribution in [0.5, 0.6) is 23.0 Å². The van der Waals surface area contributed by atoms with Gasteiger partial charge in [-0.1, -0.05) is 69.9 Å². The highest BCUT2D eigenvalue weighted by Crippen LogP contribution is 2.50. The number of aliphatic carboxylic acids is 2. The zero-order valence-electron chi connectivity index (χ0n) is 37.0. The van der Waals surface area contributed by atoms with Crippen LogP contribution in [0.2, 0.25) is 0 Å². The molecule has 12 heteroatoms. The second-order valence-corrected chi connectivity index (χ2v) is 15.0. The van der Waals surface area contributed by atoms with Gasteiger partial charge in [-0.25, -0.2) is 19.2 Å². The van der Waals surface area contributed by atoms with Crippen LogP contribution >= 0.6 is 0 Å². The molecule has 1 rings (SSSR count). The minimum atomic E-state index is -1.25. The Labute approximate surface area is 351 Å². The van der Waals surface area contributed by atoms with E-state index in [1.807, 2.05) is 13.0 Å². The lowest BCUT2D eigenvalue weighted by atomic mass is 9.99. The molecule has 0 bridgehead atoms. The summed E-state index contributed by atoms with van der Waals surface area (Å²) in [4.78, 5) is 47.1. The SMILES string of the molecule is COc1c(OC(=O)COCC(=O)O)c(C)c(C/C=C(\C)CC/C=C(\C)CC/C=C(\C)CC/C=C(\C)CC/C=C(\C)CCC=C(C)C)c(OC(=O)COCC(=O)O)c1OC. The molecule has 0 atom stereocenters. The third-order valence-electron chi connectivity index (χ3n) is 9.29. The highest BCUT2D eigenvalue weighted by atomic mass is 16.6. The standard InChI is InChI=1S/C47H68O12/c1-32(2)16-11-17-33(3)18-12-19-34(4)20-13-21-35(5)22-14-23-36(6)24-15-25-37(7)26-27-39-38(8)44(58-42(52)30-56-28-40(48)49)46(54-9)47(55-10)45(39)59-43(53)31-57-29-41(50)51/h16,18,20,22,24,26H,11-15,17,19,21,23,25,27-31H2,1-10H3,(H,48,49)(H,50,51)/b33-18+,34-20+,35-22+,36-24+,37-26+. The van der Waals surface area contributed by atoms with E-state index in [1.165, 1.54) is 42.1 Å². The van der Waals surface area contributed by atoms with Crippen LogP contribution in [0.25, 0.3) is 0 Å². The molecule has 59 heavy (non-hydrogen) atoms. The molecule has 0 amide bonds. The van der Waals surface area contributed by atoms with Crippen molar-refractivity contribution in [1.82, 2.24) is 0 Å². The number of esters is 2. The van der Waals surface area contributed by atoms with Gasteiger partial charge in [0.2, 0.25) is 11.5 Å². The zero-order valence-corrected chi connectivity index (χ0v) is 37.0. The van der Waals surface area contributed by atoms with Gasteiger partial charge in [-0.05, 0) is 126 Å². The van der Waals surface area contributed by atoms with E-state index >= 15 is 0 Å². The van der Waals surface area contributed by atoms with Crippen LogP contribution in [-0.4, -0.2) is 74.7 Å². The van der Waals surface area contributed by atoms with Gasteiger partial charge in [0.25, 0.3) is 0 Å². The molecule has 0 spiro atoms. The predicted molar refractivity (Wildman–Crippen MR) is 231 cm³/mol. The summed E-state index contributed by atoms with van der Waals surface area (Å²) in [6.45, 7) is 14.1. The second-order valence-electron chi connectivity index (χ2n) is 15.0. The molecule has 0 aliphatic rings. The van der Waals surface area contributed by atoms with Crippen molar-refractivity contribution < 1.29 is 57.8 Å². The lowest BCUT2D eigenvalue weighted by molar-refractivity contribution is -0.149. The number of hydrogen-bond acceptors (Lipinski definition) is 10. The van der Waals surface area contributed by atoms with Crippen LogP contribution in [0.15, 0.2) is 69.9 Å². The molecule has 0 fully saturated rings. The summed E-state index contributed by atoms with van der Waals surface area (Å²) in [5, 5.41) is 17.7. The van der Waals surface area contributed by atoms with Gasteiger partial charge in [-0.15, -0.1) is 0 Å². The largest absolute Gasteiger partial charge is 0.490 e. The number of carbonyl (C=O) groups excluding carboxylic acids is 2. The molecule has 0 radical (unpaired) electrons. The lowest BCUT2D eigenvalue weighted by Gasteiger charge is -2.22. The average Bonchev–Trinajstić information content (AvgIpc) is 3.15. The van der Waals surface area contributed by atoms with Crippen molar-refractivity contribution in [2.45, 2.75) is 126 Å². The number of methoxy groups -OCH3 is 2. The molecule has 0 aromatic heterocycles. The number of allylic oxidation sites excluding steroid dienone is 12. The quantitative estimate of drug-likeness (QED) is 0.0447. The van der Waals surface area contributed by atoms with Crippen LogP contribution in [-0.2, 0) is 35.1 Å². The summed E-state index contributed by atoms with van der Waals surface area (Å²) in [5.41, 5.74) is 8.91. The first kappa shape index (κ1) is 52.1. The molecule has 12 nitrogen and oxygen atoms in total. The molecule has 0 unspecified atom stereocenters. The third-order valence-corrected chi connectivity index (χ3v) is 9.29. The number of benzene rings is 1. The maximum Gasteiger partial charge on any atom is 0.337 e. The van der Waals surface area contributed by atoms with E-state index in [1.54, 1.807) is 6.92 Å². The maximum absolute atomic E-state index is 12.8. The van der Waals surface area contributed by atoms with Crippen molar-refractivity contribution in [2.75, 3.05) is 40.6 Å². The van der Waals surface area contributed by atoms with Crippen molar-refractivity contribution in [3.8, 4) is 23.0 Å². The summed E-state index contributed by atoms with van der Waals surface area (Å²) in [6.07, 6.45) is 24.0. The molecule has 0 saturated heterocycles. The van der Waals surface area contributed by atoms with Gasteiger partial charge < -0.3 is 38.6 Å². The molecule has 1 aromatic carbocycles. The Hall–Kier alpha value is -4.94. The van der Waals surface area contributed by atoms with Gasteiger partial charge >= 0.3 is 23.9 Å². The number of ether oxygens (including phenoxy) is 6. The number of carboxylic acid groups (broad SMARTS) is 2. The van der Waals surface area contributed by atoms with Crippen LogP contribution in [0, 0.1) is 6.92 Å². The molecular formula is C47H68O12. The van der Waals surface area contributed by atoms with Crippen LogP contribution in [0.1, 0.15) is 124 Å². The van der Waals surface area contributed by atoms with Gasteiger partial charge in [-0.2, -0.15) is 0 Å². The van der Waals surface area contributed by atoms with Gasteiger partial charge in [0.15, 0.2) is 11.5 Å². The van der Waals surface area contributed by atoms with Crippen molar-refractivity contribution in [3.63, 3.8) is 0 Å². The summed E-state index contributed by atoms with van der Waals surface area (Å²) in [7, 11) is 2.63. The Morgan fingerprint density at radius 3 is 1.17 bits per heavy atom. The smallest absolute Gasteiger partial charge is 0.337 e. The first-order valence-electron chi connectivity index (χ1n) is 20.2. The van der Waals surface area contributed by atoms with E-state index < -0.39 is 50.3 Å². The fraction of sp³-hybridized carbons (Fsp3) is 0.532. The topological polar surface area (TPSA) is 164 Å². The maximum atomic E-state index is 12.8. The third kappa shape index (κ3) is 22.7. The summed E-state index contributed by atoms with van der Waals surface area (Å²) >= 11 is 0. The molecule has 0 aliphatic carbocycles. The minimum Gasteiger partial charge on any atom is -0.490 e. The molecule has 2 N–H and O–H groups in total. The molecular weight excluding hydrogens is 757 g/mol. The predicted octanol–water partition coefficient (Wildman–Crippen LogP) is 10.2. The minimum absolute atomic E-state index is 0.00812. The van der Waals surface area contributed by atoms with Gasteiger partial charge in [0.1, 0.15) is 26.4 Å². The zero-order chi connectivity index (χ0) is 44.3. The Kier molecular flexibility index (Phi) is 25.9. The molecule has 0 aliphatic heterocycles. The molecule has 0 heterocycles. The van der Waals surface area contributed by atoms with Crippen LogP contribution in [0.3, 0.4) is 0 Å². The fourth-order valence-corrected chi connectivity index (χ4v) is 5.96. The number of carboxylic acids is 2. The molecule has 1 aromatic rings. The van der Waals surface area contributed by atoms with Crippen molar-refractivity contribution >= 4 is 23.9 Å². The first-order chi connectivity index (χ1) is 28.0. The van der Waals surface area contributed by atoms with E-state index in [0.717, 1.165) is 69.8 Å². The molecule has 0 saturated carbocycles. The normalized spacial score (nSPS) is 12.6. The fourth-order valence-electron chi connectivity index (χ4n) is 5.96. The van der Waals surface area contributed by atoms with Crippen LogP contribution in [0.4, 0.5) is 0 Å². The number of rotatable bonds is 29. The van der Waals surface area contributed by atoms with Crippen LogP contribution < -0.4 is 18.9 Å². The highest BCUT2D eigenvalue weighted by Gasteiger charge is 2.29. The Bertz CT molecular complexity index is 1730. The van der Waals surface area contributed by atoms with Gasteiger partial charge in [-0.3, -0.25) is 0 Å². The second kappa shape index (κ2) is 29.3. The number of hydrogen-bond donors (Lipinski definition) is 2. The monoisotopic (exact) mass is 824 g/mol. The lowest BCUT2D eigenvalue weighted by Crippen LogP contribution is -2.21. The Balaban J connectivity index is 2.96. The van der Waals surface area contributed by atoms with Crippen molar-refractivity contribution in [1.29, 1.82) is 0 Å². The summed E-state index contributed by atoms with van der Waals surface area (Å²) < 4.78 is 32.1. The Morgan fingerprint density at radius 1 is 0.475 bits per heavy atom. The average molecular weight is 825 g/mol. The number of carbonyl (C=O) groups is 4. The van der Waals surface area contributed by atoms with Crippen molar-refractivity contribution in [3.05, 3.63) is 81.0 Å². The Morgan fingerprint density at radius 2 is 0.814 bits per heavy atom. The van der Waals surface area contributed by atoms with E-state index in [2.05, 4.69) is 71.9 Å². The first-order valence-corrected chi connectivity index (χ1v) is 20.2. The van der Waals surface area contributed by atoms with Crippen molar-refractivity contribution in [2.24, 2.45) is 0 Å². The molecule has 328 valence electrons. The van der Waals surface area contributed by atoms with E-state index in [9.17, 15) is 19.2 Å². The van der Waals surface area contributed by atoms with Gasteiger partial charge in [0, 0.05) is 11.1 Å². The summed E-state index contributed by atoms with van der Waals surface area (Å²) in [6, 6.07) is 0. The summed E-state index contributed by atoms with van der Waals surface area (Å²) in [5.74, 6) is -4.39. The van der Waals surface area contributed by atoms with E-state index in [-0.39, 0.29) is 29.4 Å². The van der Waals surface area contributed by atoms with E-state index in [0.29, 0.717) is 11.1 Å².